The van der Waals surface area contributed by atoms with Crippen LogP contribution in [0.25, 0.3) is 0 Å². The molecule has 0 bridgehead atoms. The van der Waals surface area contributed by atoms with E-state index >= 15 is 0 Å². The van der Waals surface area contributed by atoms with Crippen LogP contribution in [0.2, 0.25) is 0 Å². The maximum Gasteiger partial charge on any atom is 0.328 e. The lowest BCUT2D eigenvalue weighted by molar-refractivity contribution is -0.134. The van der Waals surface area contributed by atoms with Gasteiger partial charge in [-0.25, -0.2) is 9.59 Å². The number of hydrogen-bond donors (Lipinski definition) is 2. The molecule has 6 heteroatoms. The summed E-state index contributed by atoms with van der Waals surface area (Å²) in [6, 6.07) is 7.77. The van der Waals surface area contributed by atoms with Crippen LogP contribution < -0.4 is 4.74 Å². The number of carboxylic acid groups (broad SMARTS) is 2. The molecule has 1 aromatic carbocycles. The summed E-state index contributed by atoms with van der Waals surface area (Å²) in [5, 5.41) is 15.6. The fourth-order valence-electron chi connectivity index (χ4n) is 1.10. The second kappa shape index (κ2) is 7.44. The Bertz CT molecular complexity index is 530. The van der Waals surface area contributed by atoms with Crippen LogP contribution in [0.1, 0.15) is 5.56 Å². The number of benzene rings is 1. The summed E-state index contributed by atoms with van der Waals surface area (Å²) < 4.78 is 5.24. The smallest absolute Gasteiger partial charge is 0.328 e. The summed E-state index contributed by atoms with van der Waals surface area (Å²) in [4.78, 5) is 23.1. The highest BCUT2D eigenvalue weighted by atomic mass is 16.5. The van der Waals surface area contributed by atoms with E-state index in [9.17, 15) is 9.59 Å². The molecular formula is C13H11NO5. The molecule has 1 aliphatic heterocycles. The molecule has 2 rings (SSSR count). The number of para-hydroxylation sites is 1. The second-order valence-corrected chi connectivity index (χ2v) is 3.23. The number of nitrogens with zero attached hydrogens (tertiary/aromatic N) is 1. The Hall–Kier alpha value is -2.89. The van der Waals surface area contributed by atoms with Crippen molar-refractivity contribution in [2.45, 2.75) is 0 Å². The lowest BCUT2D eigenvalue weighted by atomic mass is 10.2. The van der Waals surface area contributed by atoms with Gasteiger partial charge in [0.25, 0.3) is 0 Å². The van der Waals surface area contributed by atoms with Gasteiger partial charge in [-0.05, 0) is 12.1 Å². The van der Waals surface area contributed by atoms with Crippen LogP contribution in [0.3, 0.4) is 0 Å². The van der Waals surface area contributed by atoms with E-state index in [0.29, 0.717) is 12.2 Å². The first-order valence-corrected chi connectivity index (χ1v) is 5.17. The van der Waals surface area contributed by atoms with Gasteiger partial charge in [0, 0.05) is 23.9 Å². The van der Waals surface area contributed by atoms with Gasteiger partial charge in [0.2, 0.25) is 0 Å². The Labute approximate surface area is 109 Å². The molecule has 0 unspecified atom stereocenters. The van der Waals surface area contributed by atoms with Crippen molar-refractivity contribution in [3.63, 3.8) is 0 Å². The average Bonchev–Trinajstić information content (AvgIpc) is 2.62. The number of carbonyl (C=O) groups is 2. The molecule has 0 fully saturated rings. The topological polar surface area (TPSA) is 96.2 Å². The molecule has 19 heavy (non-hydrogen) atoms. The fraction of sp³-hybridized carbons (Fsp3) is 0. The molecular weight excluding hydrogens is 250 g/mol. The maximum atomic E-state index is 9.55. The molecule has 2 N–H and O–H groups in total. The van der Waals surface area contributed by atoms with Gasteiger partial charge >= 0.3 is 11.9 Å². The molecule has 0 saturated carbocycles. The quantitative estimate of drug-likeness (QED) is 0.789. The number of hydrogen-bond acceptors (Lipinski definition) is 4. The van der Waals surface area contributed by atoms with E-state index in [2.05, 4.69) is 4.99 Å². The summed E-state index contributed by atoms with van der Waals surface area (Å²) in [5.41, 5.74) is 1.01. The lowest BCUT2D eigenvalue weighted by Gasteiger charge is -1.99. The van der Waals surface area contributed by atoms with Crippen molar-refractivity contribution in [1.29, 1.82) is 0 Å². The SMILES string of the molecule is C1=COc2ccccc2C=N1.O=C(O)/C=C/C(=O)O. The Morgan fingerprint density at radius 1 is 1.11 bits per heavy atom. The minimum absolute atomic E-state index is 0.558. The van der Waals surface area contributed by atoms with Crippen LogP contribution in [-0.4, -0.2) is 28.4 Å². The third-order valence-electron chi connectivity index (χ3n) is 1.84. The second-order valence-electron chi connectivity index (χ2n) is 3.23. The van der Waals surface area contributed by atoms with Gasteiger partial charge in [0.1, 0.15) is 12.0 Å². The zero-order valence-electron chi connectivity index (χ0n) is 9.76. The average molecular weight is 261 g/mol. The third kappa shape index (κ3) is 5.83. The standard InChI is InChI=1S/C9H7NO.C4H4O4/c1-2-4-9-8(3-1)7-10-5-6-11-9;5-3(6)1-2-4(7)8/h1-7H;1-2H,(H,5,6)(H,7,8)/b;2-1+. The van der Waals surface area contributed by atoms with Crippen molar-refractivity contribution in [3.05, 3.63) is 54.4 Å². The first kappa shape index (κ1) is 14.2. The van der Waals surface area contributed by atoms with E-state index in [0.717, 1.165) is 11.3 Å². The largest absolute Gasteiger partial charge is 0.478 e. The molecule has 1 aliphatic rings. The number of carboxylic acids is 2. The number of fused-ring (bicyclic) bond motifs is 1. The highest BCUT2D eigenvalue weighted by molar-refractivity contribution is 5.89. The normalized spacial score (nSPS) is 11.8. The van der Waals surface area contributed by atoms with Gasteiger partial charge in [-0.15, -0.1) is 0 Å². The number of aliphatic carboxylic acids is 2. The summed E-state index contributed by atoms with van der Waals surface area (Å²) in [5.74, 6) is -1.66. The van der Waals surface area contributed by atoms with Crippen LogP contribution in [0.15, 0.2) is 53.9 Å². The van der Waals surface area contributed by atoms with Crippen LogP contribution in [0, 0.1) is 0 Å². The third-order valence-corrected chi connectivity index (χ3v) is 1.84. The molecule has 1 aromatic rings. The fourth-order valence-corrected chi connectivity index (χ4v) is 1.10. The van der Waals surface area contributed by atoms with Crippen molar-refractivity contribution in [3.8, 4) is 5.75 Å². The summed E-state index contributed by atoms with van der Waals surface area (Å²) in [6.45, 7) is 0. The molecule has 0 aliphatic carbocycles. The molecule has 0 spiro atoms. The molecule has 0 amide bonds. The lowest BCUT2D eigenvalue weighted by Crippen LogP contribution is -1.91. The highest BCUT2D eigenvalue weighted by Gasteiger charge is 1.99. The minimum Gasteiger partial charge on any atom is -0.478 e. The first-order valence-electron chi connectivity index (χ1n) is 5.17. The molecule has 0 atom stereocenters. The van der Waals surface area contributed by atoms with Crippen molar-refractivity contribution < 1.29 is 24.5 Å². The van der Waals surface area contributed by atoms with Crippen LogP contribution in [0.4, 0.5) is 0 Å². The Morgan fingerprint density at radius 3 is 2.37 bits per heavy atom. The van der Waals surface area contributed by atoms with E-state index in [1.807, 2.05) is 24.3 Å². The van der Waals surface area contributed by atoms with Gasteiger partial charge in [0.15, 0.2) is 0 Å². The monoisotopic (exact) mass is 261 g/mol. The predicted octanol–water partition coefficient (Wildman–Crippen LogP) is 1.68. The van der Waals surface area contributed by atoms with Crippen LogP contribution >= 0.6 is 0 Å². The molecule has 0 saturated heterocycles. The molecule has 98 valence electrons. The number of aliphatic imine (C=N–C) groups is 1. The van der Waals surface area contributed by atoms with Gasteiger partial charge in [-0.2, -0.15) is 0 Å². The Balaban J connectivity index is 0.000000203. The zero-order valence-corrected chi connectivity index (χ0v) is 9.76. The minimum atomic E-state index is -1.26. The Morgan fingerprint density at radius 2 is 1.74 bits per heavy atom. The van der Waals surface area contributed by atoms with E-state index in [-0.39, 0.29) is 0 Å². The highest BCUT2D eigenvalue weighted by Crippen LogP contribution is 2.17. The predicted molar refractivity (Wildman–Crippen MR) is 68.2 cm³/mol. The van der Waals surface area contributed by atoms with Crippen molar-refractivity contribution in [1.82, 2.24) is 0 Å². The zero-order chi connectivity index (χ0) is 14.1. The molecule has 1 heterocycles. The first-order chi connectivity index (χ1) is 9.09. The number of rotatable bonds is 2. The van der Waals surface area contributed by atoms with Gasteiger partial charge in [-0.3, -0.25) is 4.99 Å². The summed E-state index contributed by atoms with van der Waals surface area (Å²) >= 11 is 0. The molecule has 0 aromatic heterocycles. The summed E-state index contributed by atoms with van der Waals surface area (Å²) in [7, 11) is 0. The summed E-state index contributed by atoms with van der Waals surface area (Å²) in [6.07, 6.45) is 6.09. The Kier molecular flexibility index (Phi) is 5.55. The van der Waals surface area contributed by atoms with Crippen LogP contribution in [0.5, 0.6) is 5.75 Å². The van der Waals surface area contributed by atoms with Gasteiger partial charge in [0.05, 0.1) is 6.20 Å². The van der Waals surface area contributed by atoms with Crippen LogP contribution in [-0.2, 0) is 9.59 Å². The van der Waals surface area contributed by atoms with Crippen molar-refractivity contribution in [2.24, 2.45) is 4.99 Å². The number of ether oxygens (including phenoxy) is 1. The van der Waals surface area contributed by atoms with Gasteiger partial charge in [-0.1, -0.05) is 12.1 Å². The van der Waals surface area contributed by atoms with E-state index in [4.69, 9.17) is 14.9 Å². The maximum absolute atomic E-state index is 9.55. The van der Waals surface area contributed by atoms with E-state index in [1.54, 1.807) is 18.7 Å². The van der Waals surface area contributed by atoms with Crippen molar-refractivity contribution >= 4 is 18.2 Å². The van der Waals surface area contributed by atoms with E-state index in [1.165, 1.54) is 0 Å². The van der Waals surface area contributed by atoms with E-state index < -0.39 is 11.9 Å². The molecule has 6 nitrogen and oxygen atoms in total. The van der Waals surface area contributed by atoms with Crippen molar-refractivity contribution in [2.75, 3.05) is 0 Å². The molecule has 0 radical (unpaired) electrons. The van der Waals surface area contributed by atoms with Gasteiger partial charge < -0.3 is 14.9 Å².